The van der Waals surface area contributed by atoms with Gasteiger partial charge in [-0.15, -0.1) is 11.3 Å². The number of aliphatic hydroxyl groups is 1. The summed E-state index contributed by atoms with van der Waals surface area (Å²) in [5.74, 6) is 0.606. The monoisotopic (exact) mass is 292 g/mol. The van der Waals surface area contributed by atoms with Crippen molar-refractivity contribution in [1.29, 1.82) is 0 Å². The van der Waals surface area contributed by atoms with Gasteiger partial charge >= 0.3 is 0 Å². The summed E-state index contributed by atoms with van der Waals surface area (Å²) in [6, 6.07) is 4.08. The van der Waals surface area contributed by atoms with Gasteiger partial charge in [-0.2, -0.15) is 0 Å². The number of aryl methyl sites for hydroxylation is 1. The first-order valence-electron chi connectivity index (χ1n) is 6.64. The molecule has 0 saturated carbocycles. The Hall–Kier alpha value is -1.46. The highest BCUT2D eigenvalue weighted by atomic mass is 32.1. The van der Waals surface area contributed by atoms with Crippen LogP contribution in [0.1, 0.15) is 36.9 Å². The molecule has 20 heavy (non-hydrogen) atoms. The summed E-state index contributed by atoms with van der Waals surface area (Å²) < 4.78 is 0. The minimum absolute atomic E-state index is 0.0435. The van der Waals surface area contributed by atoms with Crippen molar-refractivity contribution < 1.29 is 5.11 Å². The van der Waals surface area contributed by atoms with Crippen molar-refractivity contribution in [2.45, 2.75) is 39.5 Å². The molecule has 0 aliphatic heterocycles. The quantitative estimate of drug-likeness (QED) is 0.914. The van der Waals surface area contributed by atoms with E-state index in [9.17, 15) is 4.79 Å². The minimum atomic E-state index is -0.160. The standard InChI is InChI=1S/C15H20N2O2S/c1-9-10(7-8-18)14(19)17-13(16-9)11-5-6-12(20-11)15(2,3)4/h5-6,18H,7-8H2,1-4H3,(H,16,17,19). The molecule has 0 spiro atoms. The number of aromatic amines is 1. The topological polar surface area (TPSA) is 66.0 Å². The lowest BCUT2D eigenvalue weighted by molar-refractivity contribution is 0.298. The van der Waals surface area contributed by atoms with E-state index in [2.05, 4.69) is 36.8 Å². The Labute approximate surface area is 122 Å². The summed E-state index contributed by atoms with van der Waals surface area (Å²) in [6.07, 6.45) is 0.339. The molecule has 5 heteroatoms. The van der Waals surface area contributed by atoms with Crippen molar-refractivity contribution in [3.8, 4) is 10.7 Å². The zero-order chi connectivity index (χ0) is 14.9. The van der Waals surface area contributed by atoms with E-state index in [0.717, 1.165) is 4.88 Å². The number of nitrogens with zero attached hydrogens (tertiary/aromatic N) is 1. The summed E-state index contributed by atoms with van der Waals surface area (Å²) in [5, 5.41) is 8.97. The zero-order valence-electron chi connectivity index (χ0n) is 12.3. The highest BCUT2D eigenvalue weighted by molar-refractivity contribution is 7.15. The van der Waals surface area contributed by atoms with E-state index in [0.29, 0.717) is 23.5 Å². The zero-order valence-corrected chi connectivity index (χ0v) is 13.1. The third-order valence-electron chi connectivity index (χ3n) is 3.16. The molecule has 0 amide bonds. The SMILES string of the molecule is Cc1nc(-c2ccc(C(C)(C)C)s2)[nH]c(=O)c1CCO. The molecule has 4 nitrogen and oxygen atoms in total. The van der Waals surface area contributed by atoms with Crippen LogP contribution < -0.4 is 5.56 Å². The molecule has 0 aromatic carbocycles. The van der Waals surface area contributed by atoms with Gasteiger partial charge in [-0.3, -0.25) is 4.79 Å². The molecule has 108 valence electrons. The molecule has 0 fully saturated rings. The summed E-state index contributed by atoms with van der Waals surface area (Å²) in [6.45, 7) is 8.25. The van der Waals surface area contributed by atoms with Crippen LogP contribution in [0.15, 0.2) is 16.9 Å². The Bertz CT molecular complexity index is 665. The van der Waals surface area contributed by atoms with Crippen molar-refractivity contribution in [2.24, 2.45) is 0 Å². The van der Waals surface area contributed by atoms with E-state index >= 15 is 0 Å². The molecule has 0 aliphatic carbocycles. The minimum Gasteiger partial charge on any atom is -0.396 e. The smallest absolute Gasteiger partial charge is 0.254 e. The molecule has 2 N–H and O–H groups in total. The summed E-state index contributed by atoms with van der Waals surface area (Å²) >= 11 is 1.65. The Morgan fingerprint density at radius 2 is 2.05 bits per heavy atom. The molecular weight excluding hydrogens is 272 g/mol. The number of aromatic nitrogens is 2. The number of H-pyrrole nitrogens is 1. The molecule has 2 aromatic heterocycles. The second kappa shape index (κ2) is 5.50. The van der Waals surface area contributed by atoms with Gasteiger partial charge in [0.05, 0.1) is 4.88 Å². The highest BCUT2D eigenvalue weighted by Crippen LogP contribution is 2.33. The van der Waals surface area contributed by atoms with Crippen molar-refractivity contribution in [1.82, 2.24) is 9.97 Å². The van der Waals surface area contributed by atoms with Crippen LogP contribution in [0.4, 0.5) is 0 Å². The lowest BCUT2D eigenvalue weighted by Crippen LogP contribution is -2.18. The Balaban J connectivity index is 2.44. The third-order valence-corrected chi connectivity index (χ3v) is 4.68. The Morgan fingerprint density at radius 3 is 2.55 bits per heavy atom. The fourth-order valence-electron chi connectivity index (χ4n) is 2.00. The number of hydrogen-bond acceptors (Lipinski definition) is 4. The Kier molecular flexibility index (Phi) is 4.11. The second-order valence-electron chi connectivity index (χ2n) is 5.87. The average molecular weight is 292 g/mol. The molecule has 2 heterocycles. The van der Waals surface area contributed by atoms with Crippen LogP contribution in [0.5, 0.6) is 0 Å². The summed E-state index contributed by atoms with van der Waals surface area (Å²) in [4.78, 5) is 21.5. The first-order valence-corrected chi connectivity index (χ1v) is 7.46. The molecule has 0 bridgehead atoms. The van der Waals surface area contributed by atoms with E-state index in [1.54, 1.807) is 11.3 Å². The fourth-order valence-corrected chi connectivity index (χ4v) is 3.01. The fraction of sp³-hybridized carbons (Fsp3) is 0.467. The summed E-state index contributed by atoms with van der Waals surface area (Å²) in [7, 11) is 0. The Morgan fingerprint density at radius 1 is 1.35 bits per heavy atom. The molecule has 0 saturated heterocycles. The van der Waals surface area contributed by atoms with Gasteiger partial charge in [-0.05, 0) is 24.5 Å². The van der Waals surface area contributed by atoms with Gasteiger partial charge in [-0.1, -0.05) is 20.8 Å². The number of thiophene rings is 1. The molecule has 2 aromatic rings. The van der Waals surface area contributed by atoms with E-state index in [1.165, 1.54) is 4.88 Å². The van der Waals surface area contributed by atoms with E-state index in [4.69, 9.17) is 5.11 Å². The van der Waals surface area contributed by atoms with Gasteiger partial charge in [-0.25, -0.2) is 4.98 Å². The third kappa shape index (κ3) is 2.99. The predicted molar refractivity (Wildman–Crippen MR) is 82.4 cm³/mol. The predicted octanol–water partition coefficient (Wildman–Crippen LogP) is 2.64. The number of aliphatic hydroxyl groups excluding tert-OH is 1. The number of hydrogen-bond donors (Lipinski definition) is 2. The van der Waals surface area contributed by atoms with Crippen LogP contribution in [0.2, 0.25) is 0 Å². The maximum Gasteiger partial charge on any atom is 0.254 e. The lowest BCUT2D eigenvalue weighted by atomic mass is 9.95. The molecule has 2 rings (SSSR count). The van der Waals surface area contributed by atoms with Gasteiger partial charge in [0.15, 0.2) is 5.82 Å². The van der Waals surface area contributed by atoms with Crippen LogP contribution in [0, 0.1) is 6.92 Å². The van der Waals surface area contributed by atoms with Crippen LogP contribution in [-0.4, -0.2) is 21.7 Å². The van der Waals surface area contributed by atoms with Crippen molar-refractivity contribution >= 4 is 11.3 Å². The molecule has 0 atom stereocenters. The van der Waals surface area contributed by atoms with Crippen molar-refractivity contribution in [3.63, 3.8) is 0 Å². The molecule has 0 unspecified atom stereocenters. The van der Waals surface area contributed by atoms with Crippen molar-refractivity contribution in [3.05, 3.63) is 38.6 Å². The molecular formula is C15H20N2O2S. The normalized spacial score (nSPS) is 11.8. The summed E-state index contributed by atoms with van der Waals surface area (Å²) in [5.41, 5.74) is 1.18. The molecule has 0 aliphatic rings. The highest BCUT2D eigenvalue weighted by Gasteiger charge is 2.18. The van der Waals surface area contributed by atoms with Gasteiger partial charge in [0.2, 0.25) is 0 Å². The maximum atomic E-state index is 12.0. The first kappa shape index (κ1) is 14.9. The van der Waals surface area contributed by atoms with Gasteiger partial charge in [0.1, 0.15) is 0 Å². The average Bonchev–Trinajstić information content (AvgIpc) is 2.82. The largest absolute Gasteiger partial charge is 0.396 e. The van der Waals surface area contributed by atoms with E-state index in [1.807, 2.05) is 13.0 Å². The number of nitrogens with one attached hydrogen (secondary N) is 1. The van der Waals surface area contributed by atoms with Crippen molar-refractivity contribution in [2.75, 3.05) is 6.61 Å². The van der Waals surface area contributed by atoms with Gasteiger partial charge in [0, 0.05) is 29.2 Å². The van der Waals surface area contributed by atoms with Crippen LogP contribution >= 0.6 is 11.3 Å². The van der Waals surface area contributed by atoms with Crippen LogP contribution in [-0.2, 0) is 11.8 Å². The van der Waals surface area contributed by atoms with Crippen LogP contribution in [0.3, 0.4) is 0 Å². The first-order chi connectivity index (χ1) is 9.32. The van der Waals surface area contributed by atoms with E-state index in [-0.39, 0.29) is 17.6 Å². The molecule has 0 radical (unpaired) electrons. The second-order valence-corrected chi connectivity index (χ2v) is 6.95. The van der Waals surface area contributed by atoms with Gasteiger partial charge in [0.25, 0.3) is 5.56 Å². The lowest BCUT2D eigenvalue weighted by Gasteiger charge is -2.15. The van der Waals surface area contributed by atoms with Gasteiger partial charge < -0.3 is 10.1 Å². The van der Waals surface area contributed by atoms with Crippen LogP contribution in [0.25, 0.3) is 10.7 Å². The number of rotatable bonds is 3. The van der Waals surface area contributed by atoms with E-state index < -0.39 is 0 Å². The maximum absolute atomic E-state index is 12.0.